The van der Waals surface area contributed by atoms with Crippen molar-refractivity contribution in [3.63, 3.8) is 0 Å². The van der Waals surface area contributed by atoms with Gasteiger partial charge in [-0.25, -0.2) is 9.67 Å². The Bertz CT molecular complexity index is 993. The van der Waals surface area contributed by atoms with Crippen LogP contribution >= 0.6 is 0 Å². The highest BCUT2D eigenvalue weighted by Crippen LogP contribution is 2.40. The lowest BCUT2D eigenvalue weighted by Crippen LogP contribution is -2.42. The second-order valence-corrected chi connectivity index (χ2v) is 7.83. The Morgan fingerprint density at radius 2 is 2.07 bits per heavy atom. The van der Waals surface area contributed by atoms with Gasteiger partial charge in [-0.1, -0.05) is 0 Å². The summed E-state index contributed by atoms with van der Waals surface area (Å²) >= 11 is 0. The second kappa shape index (κ2) is 6.50. The fraction of sp³-hybridized carbons (Fsp3) is 0.556. The van der Waals surface area contributed by atoms with E-state index in [0.29, 0.717) is 23.7 Å². The summed E-state index contributed by atoms with van der Waals surface area (Å²) in [5, 5.41) is 19.8. The minimum atomic E-state index is -4.57. The summed E-state index contributed by atoms with van der Waals surface area (Å²) < 4.78 is 47.7. The van der Waals surface area contributed by atoms with E-state index in [9.17, 15) is 18.4 Å². The van der Waals surface area contributed by atoms with Gasteiger partial charge in [-0.3, -0.25) is 0 Å². The molecule has 1 unspecified atom stereocenters. The quantitative estimate of drug-likeness (QED) is 0.745. The van der Waals surface area contributed by atoms with Gasteiger partial charge < -0.3 is 15.4 Å². The van der Waals surface area contributed by atoms with Gasteiger partial charge in [0.1, 0.15) is 22.6 Å². The molecule has 0 saturated heterocycles. The number of rotatable bonds is 1. The third-order valence-electron chi connectivity index (χ3n) is 5.33. The number of nitriles is 1. The number of hydrogen-bond acceptors (Lipinski definition) is 7. The van der Waals surface area contributed by atoms with Gasteiger partial charge in [0.25, 0.3) is 0 Å². The monoisotopic (exact) mass is 407 g/mol. The third kappa shape index (κ3) is 3.32. The SMILES string of the molecule is Cc1nn(C(C)(C)C#N)c2c1Nc1ncc(C(F)(F)F)c(n1)N[C@@H]1CCC1CO2. The number of nitrogens with one attached hydrogen (secondary N) is 2. The highest BCUT2D eigenvalue weighted by Gasteiger charge is 2.39. The smallest absolute Gasteiger partial charge is 0.421 e. The summed E-state index contributed by atoms with van der Waals surface area (Å²) in [4.78, 5) is 7.92. The van der Waals surface area contributed by atoms with Crippen LogP contribution in [0.4, 0.5) is 30.6 Å². The molecule has 1 saturated carbocycles. The van der Waals surface area contributed by atoms with Crippen LogP contribution in [0.25, 0.3) is 0 Å². The first kappa shape index (κ1) is 19.3. The molecule has 154 valence electrons. The predicted molar refractivity (Wildman–Crippen MR) is 97.8 cm³/mol. The lowest BCUT2D eigenvalue weighted by Gasteiger charge is -2.37. The van der Waals surface area contributed by atoms with Crippen LogP contribution in [0.15, 0.2) is 6.20 Å². The molecule has 0 spiro atoms. The molecule has 0 amide bonds. The first-order valence-corrected chi connectivity index (χ1v) is 9.22. The van der Waals surface area contributed by atoms with Crippen molar-refractivity contribution < 1.29 is 17.9 Å². The van der Waals surface area contributed by atoms with Crippen molar-refractivity contribution in [1.29, 1.82) is 5.26 Å². The largest absolute Gasteiger partial charge is 0.476 e. The van der Waals surface area contributed by atoms with Crippen molar-refractivity contribution >= 4 is 17.5 Å². The van der Waals surface area contributed by atoms with E-state index in [1.165, 1.54) is 4.68 Å². The van der Waals surface area contributed by atoms with E-state index in [2.05, 4.69) is 31.8 Å². The van der Waals surface area contributed by atoms with Gasteiger partial charge in [-0.2, -0.15) is 28.5 Å². The van der Waals surface area contributed by atoms with Crippen molar-refractivity contribution in [2.75, 3.05) is 17.2 Å². The van der Waals surface area contributed by atoms with E-state index in [-0.39, 0.29) is 30.3 Å². The topological polar surface area (TPSA) is 101 Å². The number of hydrogen-bond donors (Lipinski definition) is 2. The van der Waals surface area contributed by atoms with Gasteiger partial charge in [0.15, 0.2) is 0 Å². The van der Waals surface area contributed by atoms with Crippen LogP contribution in [0, 0.1) is 24.2 Å². The van der Waals surface area contributed by atoms with Crippen molar-refractivity contribution in [3.8, 4) is 11.9 Å². The Kier molecular flexibility index (Phi) is 4.33. The maximum Gasteiger partial charge on any atom is 0.421 e. The third-order valence-corrected chi connectivity index (χ3v) is 5.33. The van der Waals surface area contributed by atoms with Crippen LogP contribution in [-0.4, -0.2) is 32.4 Å². The molecule has 0 aromatic carbocycles. The summed E-state index contributed by atoms with van der Waals surface area (Å²) in [5.41, 5.74) is -0.946. The molecule has 2 aliphatic rings. The zero-order chi connectivity index (χ0) is 21.0. The molecule has 11 heteroatoms. The summed E-state index contributed by atoms with van der Waals surface area (Å²) in [6.45, 7) is 5.40. The Hall–Kier alpha value is -3.03. The fourth-order valence-electron chi connectivity index (χ4n) is 3.40. The van der Waals surface area contributed by atoms with Crippen molar-refractivity contribution in [3.05, 3.63) is 17.5 Å². The van der Waals surface area contributed by atoms with E-state index in [1.807, 2.05) is 0 Å². The van der Waals surface area contributed by atoms with Gasteiger partial charge in [0.05, 0.1) is 18.4 Å². The number of anilines is 3. The molecular formula is C18H20F3N7O. The fourth-order valence-corrected chi connectivity index (χ4v) is 3.40. The first-order valence-electron chi connectivity index (χ1n) is 9.22. The number of aryl methyl sites for hydroxylation is 1. The van der Waals surface area contributed by atoms with Crippen molar-refractivity contribution in [2.24, 2.45) is 5.92 Å². The molecule has 29 heavy (non-hydrogen) atoms. The normalized spacial score (nSPS) is 21.1. The first-order chi connectivity index (χ1) is 13.6. The minimum Gasteiger partial charge on any atom is -0.476 e. The number of alkyl halides is 3. The maximum atomic E-state index is 13.4. The van der Waals surface area contributed by atoms with E-state index in [0.717, 1.165) is 12.6 Å². The molecule has 0 radical (unpaired) electrons. The lowest BCUT2D eigenvalue weighted by molar-refractivity contribution is -0.137. The molecule has 1 aliphatic carbocycles. The zero-order valence-electron chi connectivity index (χ0n) is 16.1. The summed E-state index contributed by atoms with van der Waals surface area (Å²) in [7, 11) is 0. The maximum absolute atomic E-state index is 13.4. The van der Waals surface area contributed by atoms with Crippen LogP contribution in [0.3, 0.4) is 0 Å². The minimum absolute atomic E-state index is 0.00861. The van der Waals surface area contributed by atoms with Crippen LogP contribution in [-0.2, 0) is 11.7 Å². The number of ether oxygens (including phenoxy) is 1. The standard InChI is InChI=1S/C18H20F3N7O/c1-9-13-15(28(27-9)17(2,3)8-22)29-7-10-4-5-12(10)24-14-11(18(19,20)21)6-23-16(25-13)26-14/h6,10,12H,4-5,7H2,1-3H3,(H2,23,24,25,26)/t10?,12-/m1/s1. The van der Waals surface area contributed by atoms with Crippen LogP contribution < -0.4 is 15.4 Å². The molecule has 8 nitrogen and oxygen atoms in total. The highest BCUT2D eigenvalue weighted by atomic mass is 19.4. The Morgan fingerprint density at radius 1 is 1.31 bits per heavy atom. The summed E-state index contributed by atoms with van der Waals surface area (Å²) in [5.74, 6) is 0.0806. The average molecular weight is 407 g/mol. The van der Waals surface area contributed by atoms with E-state index in [1.54, 1.807) is 20.8 Å². The van der Waals surface area contributed by atoms with E-state index < -0.39 is 17.3 Å². The van der Waals surface area contributed by atoms with Crippen LogP contribution in [0.5, 0.6) is 5.88 Å². The summed E-state index contributed by atoms with van der Waals surface area (Å²) in [6, 6.07) is 1.99. The molecule has 1 fully saturated rings. The number of aromatic nitrogens is 4. The van der Waals surface area contributed by atoms with Gasteiger partial charge in [-0.05, 0) is 33.6 Å². The molecule has 2 atom stereocenters. The Labute approximate surface area is 165 Å². The molecule has 2 bridgehead atoms. The van der Waals surface area contributed by atoms with E-state index >= 15 is 0 Å². The Morgan fingerprint density at radius 3 is 2.69 bits per heavy atom. The number of fused-ring (bicyclic) bond motifs is 4. The second-order valence-electron chi connectivity index (χ2n) is 7.83. The Balaban J connectivity index is 1.84. The predicted octanol–water partition coefficient (Wildman–Crippen LogP) is 3.59. The zero-order valence-corrected chi connectivity index (χ0v) is 16.1. The molecule has 2 aromatic heterocycles. The molecule has 3 heterocycles. The molecule has 4 rings (SSSR count). The average Bonchev–Trinajstić information content (AvgIpc) is 2.94. The highest BCUT2D eigenvalue weighted by molar-refractivity contribution is 5.65. The van der Waals surface area contributed by atoms with Gasteiger partial charge in [0.2, 0.25) is 11.8 Å². The van der Waals surface area contributed by atoms with E-state index in [4.69, 9.17) is 4.74 Å². The number of nitrogens with zero attached hydrogens (tertiary/aromatic N) is 5. The molecule has 2 aromatic rings. The van der Waals surface area contributed by atoms with Crippen LogP contribution in [0.2, 0.25) is 0 Å². The molecular weight excluding hydrogens is 387 g/mol. The van der Waals surface area contributed by atoms with Crippen LogP contribution in [0.1, 0.15) is 37.9 Å². The molecule has 2 N–H and O–H groups in total. The van der Waals surface area contributed by atoms with Gasteiger partial charge >= 0.3 is 6.18 Å². The van der Waals surface area contributed by atoms with Gasteiger partial charge in [0, 0.05) is 18.2 Å². The van der Waals surface area contributed by atoms with Crippen molar-refractivity contribution in [2.45, 2.75) is 51.4 Å². The lowest BCUT2D eigenvalue weighted by atomic mass is 9.80. The van der Waals surface area contributed by atoms with Gasteiger partial charge in [-0.15, -0.1) is 0 Å². The molecule has 1 aliphatic heterocycles. The van der Waals surface area contributed by atoms with Crippen molar-refractivity contribution in [1.82, 2.24) is 19.7 Å². The number of halogens is 3. The summed E-state index contributed by atoms with van der Waals surface area (Å²) in [6.07, 6.45) is -2.27.